The first-order valence-electron chi connectivity index (χ1n) is 7.09. The molecule has 2 nitrogen and oxygen atoms in total. The van der Waals surface area contributed by atoms with E-state index < -0.39 is 0 Å². The highest BCUT2D eigenvalue weighted by Gasteiger charge is 2.31. The van der Waals surface area contributed by atoms with E-state index in [1.54, 1.807) is 0 Å². The molecule has 0 spiro atoms. The molecule has 3 heteroatoms. The second kappa shape index (κ2) is 7.01. The second-order valence-corrected chi connectivity index (χ2v) is 7.22. The summed E-state index contributed by atoms with van der Waals surface area (Å²) in [6.45, 7) is 16.4. The van der Waals surface area contributed by atoms with Gasteiger partial charge in [0.05, 0.1) is 0 Å². The van der Waals surface area contributed by atoms with Gasteiger partial charge in [-0.2, -0.15) is 11.8 Å². The topological polar surface area (TPSA) is 15.3 Å². The first-order chi connectivity index (χ1) is 8.02. The van der Waals surface area contributed by atoms with E-state index in [2.05, 4.69) is 56.6 Å². The molecule has 1 saturated heterocycles. The number of nitrogens with zero attached hydrogens (tertiary/aromatic N) is 1. The van der Waals surface area contributed by atoms with Crippen LogP contribution in [-0.4, -0.2) is 48.1 Å². The van der Waals surface area contributed by atoms with Crippen molar-refractivity contribution < 1.29 is 0 Å². The van der Waals surface area contributed by atoms with Crippen molar-refractivity contribution in [2.45, 2.75) is 52.3 Å². The van der Waals surface area contributed by atoms with Gasteiger partial charge in [0.25, 0.3) is 0 Å². The molecule has 1 N–H and O–H groups in total. The molecule has 0 aliphatic carbocycles. The molecule has 0 aromatic rings. The van der Waals surface area contributed by atoms with Gasteiger partial charge < -0.3 is 5.32 Å². The van der Waals surface area contributed by atoms with Gasteiger partial charge in [-0.15, -0.1) is 0 Å². The Kier molecular flexibility index (Phi) is 6.32. The third kappa shape index (κ3) is 4.46. The fraction of sp³-hybridized carbons (Fsp3) is 1.00. The van der Waals surface area contributed by atoms with E-state index >= 15 is 0 Å². The maximum absolute atomic E-state index is 3.52. The predicted molar refractivity (Wildman–Crippen MR) is 79.9 cm³/mol. The van der Waals surface area contributed by atoms with Crippen molar-refractivity contribution in [1.29, 1.82) is 0 Å². The quantitative estimate of drug-likeness (QED) is 0.789. The summed E-state index contributed by atoms with van der Waals surface area (Å²) in [6, 6.07) is 0.723. The number of hydrogen-bond donors (Lipinski definition) is 1. The lowest BCUT2D eigenvalue weighted by Gasteiger charge is -2.43. The minimum absolute atomic E-state index is 0.423. The maximum Gasteiger partial charge on any atom is 0.0184 e. The summed E-state index contributed by atoms with van der Waals surface area (Å²) in [7, 11) is 0. The van der Waals surface area contributed by atoms with Crippen molar-refractivity contribution >= 4 is 11.8 Å². The molecule has 0 aromatic carbocycles. The van der Waals surface area contributed by atoms with E-state index in [4.69, 9.17) is 0 Å². The average Bonchev–Trinajstić information content (AvgIpc) is 2.33. The molecule has 0 bridgehead atoms. The summed E-state index contributed by atoms with van der Waals surface area (Å²) in [6.07, 6.45) is 1.25. The van der Waals surface area contributed by atoms with Crippen LogP contribution in [0.3, 0.4) is 0 Å². The van der Waals surface area contributed by atoms with E-state index in [9.17, 15) is 0 Å². The largest absolute Gasteiger partial charge is 0.316 e. The zero-order valence-corrected chi connectivity index (χ0v) is 13.1. The highest BCUT2D eigenvalue weighted by Crippen LogP contribution is 2.29. The van der Waals surface area contributed by atoms with E-state index in [-0.39, 0.29) is 0 Å². The van der Waals surface area contributed by atoms with Crippen LogP contribution < -0.4 is 5.32 Å². The van der Waals surface area contributed by atoms with Gasteiger partial charge in [0.15, 0.2) is 0 Å². The van der Waals surface area contributed by atoms with Crippen LogP contribution in [0.5, 0.6) is 0 Å². The Bertz CT molecular complexity index is 222. The lowest BCUT2D eigenvalue weighted by atomic mass is 9.86. The Balaban J connectivity index is 2.54. The van der Waals surface area contributed by atoms with Crippen LogP contribution in [-0.2, 0) is 0 Å². The first kappa shape index (κ1) is 15.3. The molecule has 17 heavy (non-hydrogen) atoms. The summed E-state index contributed by atoms with van der Waals surface area (Å²) >= 11 is 2.12. The van der Waals surface area contributed by atoms with Crippen molar-refractivity contribution in [3.63, 3.8) is 0 Å². The molecular formula is C14H30N2S. The smallest absolute Gasteiger partial charge is 0.0184 e. The van der Waals surface area contributed by atoms with Crippen LogP contribution in [0.2, 0.25) is 0 Å². The van der Waals surface area contributed by atoms with Crippen molar-refractivity contribution in [3.8, 4) is 0 Å². The number of hydrogen-bond acceptors (Lipinski definition) is 3. The minimum Gasteiger partial charge on any atom is -0.316 e. The number of thioether (sulfide) groups is 1. The van der Waals surface area contributed by atoms with Crippen LogP contribution in [0.1, 0.15) is 41.0 Å². The second-order valence-electron chi connectivity index (χ2n) is 5.73. The van der Waals surface area contributed by atoms with Crippen LogP contribution in [0.15, 0.2) is 0 Å². The van der Waals surface area contributed by atoms with Gasteiger partial charge in [-0.05, 0) is 25.3 Å². The van der Waals surface area contributed by atoms with Crippen LogP contribution in [0.4, 0.5) is 0 Å². The summed E-state index contributed by atoms with van der Waals surface area (Å²) in [5.74, 6) is 1.30. The fourth-order valence-electron chi connectivity index (χ4n) is 2.43. The Hall–Kier alpha value is 0.270. The Morgan fingerprint density at radius 3 is 2.65 bits per heavy atom. The molecular weight excluding hydrogens is 228 g/mol. The molecule has 1 rings (SSSR count). The molecule has 0 amide bonds. The normalized spacial score (nSPS) is 30.2. The summed E-state index contributed by atoms with van der Waals surface area (Å²) in [5.41, 5.74) is 0.423. The van der Waals surface area contributed by atoms with Crippen molar-refractivity contribution in [3.05, 3.63) is 0 Å². The molecule has 3 unspecified atom stereocenters. The van der Waals surface area contributed by atoms with Gasteiger partial charge in [0.2, 0.25) is 0 Å². The number of nitrogens with one attached hydrogen (secondary N) is 1. The minimum atomic E-state index is 0.423. The van der Waals surface area contributed by atoms with Crippen molar-refractivity contribution in [2.75, 3.05) is 31.9 Å². The summed E-state index contributed by atoms with van der Waals surface area (Å²) in [4.78, 5) is 2.70. The number of rotatable bonds is 6. The van der Waals surface area contributed by atoms with E-state index in [0.29, 0.717) is 5.41 Å². The van der Waals surface area contributed by atoms with Crippen LogP contribution in [0, 0.1) is 5.41 Å². The Morgan fingerprint density at radius 1 is 1.35 bits per heavy atom. The van der Waals surface area contributed by atoms with Gasteiger partial charge >= 0.3 is 0 Å². The highest BCUT2D eigenvalue weighted by molar-refractivity contribution is 8.00. The molecule has 0 saturated carbocycles. The molecule has 1 aliphatic rings. The van der Waals surface area contributed by atoms with Gasteiger partial charge in [0, 0.05) is 36.7 Å². The molecule has 102 valence electrons. The summed E-state index contributed by atoms with van der Waals surface area (Å²) in [5, 5.41) is 4.31. The monoisotopic (exact) mass is 258 g/mol. The lowest BCUT2D eigenvalue weighted by molar-refractivity contribution is 0.123. The van der Waals surface area contributed by atoms with Gasteiger partial charge in [0.1, 0.15) is 0 Å². The summed E-state index contributed by atoms with van der Waals surface area (Å²) < 4.78 is 0. The molecule has 3 atom stereocenters. The molecule has 0 aromatic heterocycles. The Morgan fingerprint density at radius 2 is 2.06 bits per heavy atom. The van der Waals surface area contributed by atoms with E-state index in [1.807, 2.05) is 0 Å². The third-order valence-electron chi connectivity index (χ3n) is 4.25. The zero-order chi connectivity index (χ0) is 12.9. The van der Waals surface area contributed by atoms with Gasteiger partial charge in [-0.3, -0.25) is 4.90 Å². The zero-order valence-electron chi connectivity index (χ0n) is 12.3. The lowest BCUT2D eigenvalue weighted by Crippen LogP contribution is -2.51. The standard InChI is InChI=1S/C14H30N2S/c1-6-14(5,10-15-7-2)11-16-8-9-17-13(4)12(16)3/h12-13,15H,6-11H2,1-5H3. The van der Waals surface area contributed by atoms with Crippen LogP contribution in [0.25, 0.3) is 0 Å². The molecule has 0 radical (unpaired) electrons. The average molecular weight is 258 g/mol. The third-order valence-corrected chi connectivity index (χ3v) is 5.59. The van der Waals surface area contributed by atoms with E-state index in [0.717, 1.165) is 24.4 Å². The van der Waals surface area contributed by atoms with Crippen molar-refractivity contribution in [2.24, 2.45) is 5.41 Å². The highest BCUT2D eigenvalue weighted by atomic mass is 32.2. The van der Waals surface area contributed by atoms with Crippen molar-refractivity contribution in [1.82, 2.24) is 10.2 Å². The maximum atomic E-state index is 3.52. The molecule has 1 aliphatic heterocycles. The van der Waals surface area contributed by atoms with Gasteiger partial charge in [-0.25, -0.2) is 0 Å². The molecule has 1 fully saturated rings. The SMILES string of the molecule is CCNCC(C)(CC)CN1CCSC(C)C1C. The Labute approximate surface area is 112 Å². The predicted octanol–water partition coefficient (Wildman–Crippen LogP) is 2.84. The van der Waals surface area contributed by atoms with Crippen LogP contribution >= 0.6 is 11.8 Å². The molecule has 1 heterocycles. The fourth-order valence-corrected chi connectivity index (χ4v) is 3.59. The van der Waals surface area contributed by atoms with E-state index in [1.165, 1.54) is 25.3 Å². The first-order valence-corrected chi connectivity index (χ1v) is 8.13. The van der Waals surface area contributed by atoms with Gasteiger partial charge in [-0.1, -0.05) is 27.7 Å².